The van der Waals surface area contributed by atoms with Crippen molar-refractivity contribution in [1.29, 1.82) is 0 Å². The standard InChI is InChI=1S/C15H18ClNO3/c1-15(2,14(19)20)8-17-13(18)11-7-10(11)9-5-3-4-6-12(9)16/h3-6,10-11H,7-8H2,1-2H3,(H,17,18)(H,19,20)/t10-,11-/m1/s1. The van der Waals surface area contributed by atoms with Crippen LogP contribution in [0, 0.1) is 11.3 Å². The number of carboxylic acid groups (broad SMARTS) is 1. The van der Waals surface area contributed by atoms with Crippen LogP contribution in [0.5, 0.6) is 0 Å². The Morgan fingerprint density at radius 2 is 2.05 bits per heavy atom. The second-order valence-electron chi connectivity index (χ2n) is 5.88. The minimum Gasteiger partial charge on any atom is -0.481 e. The third-order valence-electron chi connectivity index (χ3n) is 3.72. The second kappa shape index (κ2) is 5.44. The van der Waals surface area contributed by atoms with E-state index in [0.29, 0.717) is 5.02 Å². The Kier molecular flexibility index (Phi) is 4.04. The van der Waals surface area contributed by atoms with E-state index in [1.54, 1.807) is 13.8 Å². The molecular formula is C15H18ClNO3. The molecular weight excluding hydrogens is 278 g/mol. The summed E-state index contributed by atoms with van der Waals surface area (Å²) >= 11 is 6.11. The van der Waals surface area contributed by atoms with Crippen molar-refractivity contribution in [1.82, 2.24) is 5.32 Å². The number of nitrogens with one attached hydrogen (secondary N) is 1. The first-order chi connectivity index (χ1) is 9.33. The summed E-state index contributed by atoms with van der Waals surface area (Å²) in [5, 5.41) is 12.4. The van der Waals surface area contributed by atoms with Gasteiger partial charge in [0.1, 0.15) is 0 Å². The number of amides is 1. The topological polar surface area (TPSA) is 66.4 Å². The van der Waals surface area contributed by atoms with Gasteiger partial charge < -0.3 is 10.4 Å². The van der Waals surface area contributed by atoms with Crippen LogP contribution in [0.1, 0.15) is 31.7 Å². The molecule has 1 aromatic carbocycles. The van der Waals surface area contributed by atoms with Crippen LogP contribution in [0.15, 0.2) is 24.3 Å². The van der Waals surface area contributed by atoms with Crippen LogP contribution in [0.2, 0.25) is 5.02 Å². The molecule has 2 rings (SSSR count). The van der Waals surface area contributed by atoms with E-state index in [1.807, 2.05) is 24.3 Å². The van der Waals surface area contributed by atoms with Crippen molar-refractivity contribution in [3.05, 3.63) is 34.9 Å². The lowest BCUT2D eigenvalue weighted by Gasteiger charge is -2.19. The molecule has 1 aromatic rings. The minimum absolute atomic E-state index is 0.0933. The maximum atomic E-state index is 12.0. The van der Waals surface area contributed by atoms with Gasteiger partial charge in [0.05, 0.1) is 5.41 Å². The Hall–Kier alpha value is -1.55. The van der Waals surface area contributed by atoms with Gasteiger partial charge in [0.15, 0.2) is 0 Å². The van der Waals surface area contributed by atoms with Crippen LogP contribution in [0.25, 0.3) is 0 Å². The molecule has 5 heteroatoms. The van der Waals surface area contributed by atoms with Crippen molar-refractivity contribution in [2.24, 2.45) is 11.3 Å². The number of hydrogen-bond donors (Lipinski definition) is 2. The van der Waals surface area contributed by atoms with Crippen molar-refractivity contribution in [3.8, 4) is 0 Å². The van der Waals surface area contributed by atoms with E-state index in [9.17, 15) is 9.59 Å². The number of carbonyl (C=O) groups excluding carboxylic acids is 1. The largest absolute Gasteiger partial charge is 0.481 e. The molecule has 1 aliphatic carbocycles. The molecule has 0 aromatic heterocycles. The molecule has 1 fully saturated rings. The SMILES string of the molecule is CC(C)(CNC(=O)[C@@H]1C[C@@H]1c1ccccc1Cl)C(=O)O. The fourth-order valence-corrected chi connectivity index (χ4v) is 2.39. The summed E-state index contributed by atoms with van der Waals surface area (Å²) < 4.78 is 0. The molecule has 0 unspecified atom stereocenters. The quantitative estimate of drug-likeness (QED) is 0.877. The predicted octanol–water partition coefficient (Wildman–Crippen LogP) is 2.67. The number of benzene rings is 1. The molecule has 0 aliphatic heterocycles. The number of carbonyl (C=O) groups is 2. The lowest BCUT2D eigenvalue weighted by molar-refractivity contribution is -0.146. The first-order valence-electron chi connectivity index (χ1n) is 6.58. The van der Waals surface area contributed by atoms with Gasteiger partial charge in [-0.3, -0.25) is 9.59 Å². The Labute approximate surface area is 123 Å². The highest BCUT2D eigenvalue weighted by Crippen LogP contribution is 2.49. The molecule has 108 valence electrons. The third-order valence-corrected chi connectivity index (χ3v) is 4.06. The average Bonchev–Trinajstić information content (AvgIpc) is 3.16. The summed E-state index contributed by atoms with van der Waals surface area (Å²) in [6.45, 7) is 3.31. The Bertz CT molecular complexity index is 542. The van der Waals surface area contributed by atoms with Crippen LogP contribution in [-0.2, 0) is 9.59 Å². The van der Waals surface area contributed by atoms with E-state index >= 15 is 0 Å². The van der Waals surface area contributed by atoms with E-state index < -0.39 is 11.4 Å². The van der Waals surface area contributed by atoms with E-state index in [1.165, 1.54) is 0 Å². The highest BCUT2D eigenvalue weighted by Gasteiger charge is 2.45. The molecule has 1 saturated carbocycles. The summed E-state index contributed by atoms with van der Waals surface area (Å²) in [5.41, 5.74) is 0.0385. The molecule has 0 saturated heterocycles. The van der Waals surface area contributed by atoms with Gasteiger partial charge in [-0.2, -0.15) is 0 Å². The zero-order chi connectivity index (χ0) is 14.9. The van der Waals surface area contributed by atoms with Crippen LogP contribution in [0.4, 0.5) is 0 Å². The van der Waals surface area contributed by atoms with Crippen molar-refractivity contribution < 1.29 is 14.7 Å². The number of carboxylic acids is 1. The first kappa shape index (κ1) is 14.9. The third kappa shape index (κ3) is 3.12. The molecule has 2 N–H and O–H groups in total. The number of aliphatic carboxylic acids is 1. The van der Waals surface area contributed by atoms with Gasteiger partial charge in [-0.1, -0.05) is 29.8 Å². The van der Waals surface area contributed by atoms with E-state index in [-0.39, 0.29) is 24.3 Å². The first-order valence-corrected chi connectivity index (χ1v) is 6.96. The Morgan fingerprint density at radius 3 is 2.65 bits per heavy atom. The molecule has 0 heterocycles. The maximum absolute atomic E-state index is 12.0. The Morgan fingerprint density at radius 1 is 1.40 bits per heavy atom. The van der Waals surface area contributed by atoms with Gasteiger partial charge in [0.2, 0.25) is 5.91 Å². The molecule has 0 spiro atoms. The number of rotatable bonds is 5. The van der Waals surface area contributed by atoms with Crippen LogP contribution < -0.4 is 5.32 Å². The van der Waals surface area contributed by atoms with E-state index in [2.05, 4.69) is 5.32 Å². The zero-order valence-corrected chi connectivity index (χ0v) is 12.3. The average molecular weight is 296 g/mol. The van der Waals surface area contributed by atoms with E-state index in [4.69, 9.17) is 16.7 Å². The lowest BCUT2D eigenvalue weighted by Crippen LogP contribution is -2.39. The number of hydrogen-bond acceptors (Lipinski definition) is 2. The smallest absolute Gasteiger partial charge is 0.310 e. The summed E-state index contributed by atoms with van der Waals surface area (Å²) in [4.78, 5) is 23.0. The molecule has 1 amide bonds. The molecule has 0 radical (unpaired) electrons. The molecule has 1 aliphatic rings. The van der Waals surface area contributed by atoms with Gasteiger partial charge in [-0.15, -0.1) is 0 Å². The van der Waals surface area contributed by atoms with Crippen LogP contribution in [-0.4, -0.2) is 23.5 Å². The van der Waals surface area contributed by atoms with Gasteiger partial charge >= 0.3 is 5.97 Å². The fourth-order valence-electron chi connectivity index (χ4n) is 2.12. The summed E-state index contributed by atoms with van der Waals surface area (Å²) in [5.74, 6) is -0.961. The predicted molar refractivity (Wildman–Crippen MR) is 76.7 cm³/mol. The fraction of sp³-hybridized carbons (Fsp3) is 0.467. The maximum Gasteiger partial charge on any atom is 0.310 e. The summed E-state index contributed by atoms with van der Waals surface area (Å²) in [6.07, 6.45) is 0.767. The molecule has 2 atom stereocenters. The Balaban J connectivity index is 1.91. The van der Waals surface area contributed by atoms with Gasteiger partial charge in [0.25, 0.3) is 0 Å². The monoisotopic (exact) mass is 295 g/mol. The normalized spacial score (nSPS) is 21.4. The van der Waals surface area contributed by atoms with Crippen LogP contribution >= 0.6 is 11.6 Å². The minimum atomic E-state index is -0.954. The van der Waals surface area contributed by atoms with Crippen LogP contribution in [0.3, 0.4) is 0 Å². The van der Waals surface area contributed by atoms with Gasteiger partial charge in [-0.05, 0) is 37.8 Å². The summed E-state index contributed by atoms with van der Waals surface area (Å²) in [7, 11) is 0. The van der Waals surface area contributed by atoms with Crippen molar-refractivity contribution in [2.75, 3.05) is 6.54 Å². The molecule has 20 heavy (non-hydrogen) atoms. The van der Waals surface area contributed by atoms with Gasteiger partial charge in [0, 0.05) is 17.5 Å². The van der Waals surface area contributed by atoms with E-state index in [0.717, 1.165) is 12.0 Å². The van der Waals surface area contributed by atoms with Crippen molar-refractivity contribution in [2.45, 2.75) is 26.2 Å². The zero-order valence-electron chi connectivity index (χ0n) is 11.5. The highest BCUT2D eigenvalue weighted by atomic mass is 35.5. The molecule has 0 bridgehead atoms. The second-order valence-corrected chi connectivity index (χ2v) is 6.28. The lowest BCUT2D eigenvalue weighted by atomic mass is 9.94. The molecule has 4 nitrogen and oxygen atoms in total. The van der Waals surface area contributed by atoms with Crippen molar-refractivity contribution in [3.63, 3.8) is 0 Å². The highest BCUT2D eigenvalue weighted by molar-refractivity contribution is 6.31. The number of halogens is 1. The van der Waals surface area contributed by atoms with Crippen molar-refractivity contribution >= 4 is 23.5 Å². The summed E-state index contributed by atoms with van der Waals surface area (Å²) in [6, 6.07) is 7.51. The van der Waals surface area contributed by atoms with Gasteiger partial charge in [-0.25, -0.2) is 0 Å².